The molecule has 2 heterocycles. The number of nitrogens with one attached hydrogen (secondary N) is 1. The van der Waals surface area contributed by atoms with Crippen LogP contribution in [0.25, 0.3) is 0 Å². The van der Waals surface area contributed by atoms with Crippen molar-refractivity contribution in [2.45, 2.75) is 43.6 Å². The van der Waals surface area contributed by atoms with E-state index >= 15 is 4.39 Å². The second-order valence-electron chi connectivity index (χ2n) is 10.8. The molecule has 0 bridgehead atoms. The third kappa shape index (κ3) is 7.74. The number of benzene rings is 2. The number of likely N-dealkylation sites (tertiary alicyclic amines) is 1. The zero-order valence-electron chi connectivity index (χ0n) is 23.1. The van der Waals surface area contributed by atoms with Crippen LogP contribution in [0.5, 0.6) is 5.75 Å². The molecule has 4 rings (SSSR count). The molecule has 2 aromatic carbocycles. The molecule has 1 aromatic heterocycles. The van der Waals surface area contributed by atoms with E-state index in [0.29, 0.717) is 30.1 Å². The Morgan fingerprint density at radius 3 is 2.48 bits per heavy atom. The number of halogens is 3. The molecule has 3 aromatic rings. The minimum atomic E-state index is -4.76. The van der Waals surface area contributed by atoms with Crippen molar-refractivity contribution < 1.29 is 36.3 Å². The van der Waals surface area contributed by atoms with Gasteiger partial charge in [0.05, 0.1) is 12.2 Å². The number of pyridine rings is 1. The molecule has 0 saturated carbocycles. The molecule has 2 atom stereocenters. The van der Waals surface area contributed by atoms with Gasteiger partial charge in [0.2, 0.25) is 0 Å². The van der Waals surface area contributed by atoms with Gasteiger partial charge in [0, 0.05) is 48.6 Å². The van der Waals surface area contributed by atoms with Crippen LogP contribution in [-0.4, -0.2) is 55.6 Å². The van der Waals surface area contributed by atoms with Gasteiger partial charge >= 0.3 is 6.09 Å². The molecule has 224 valence electrons. The number of rotatable bonds is 7. The Morgan fingerprint density at radius 1 is 1.12 bits per heavy atom. The average Bonchev–Trinajstić information content (AvgIpc) is 2.93. The standard InChI is InChI=1S/C29H30ClF2N3O6S/c1-29(2,3)41-28(37)35-12-10-22(18-6-8-21(30)9-7-18)20(16-35)17-40-25-13-24(32)26(14-23(25)31)42(38,39)34-27(36)19-5-4-11-33-15-19/h4-9,11,13-15,20,22H,10,12,16-17H2,1-3H3,(H,34,36)/t20-,22-/m0/s1. The van der Waals surface area contributed by atoms with Crippen molar-refractivity contribution in [2.75, 3.05) is 19.7 Å². The van der Waals surface area contributed by atoms with Crippen molar-refractivity contribution >= 4 is 33.6 Å². The number of nitrogens with zero attached hydrogens (tertiary/aromatic N) is 2. The van der Waals surface area contributed by atoms with Crippen LogP contribution in [0.2, 0.25) is 5.02 Å². The number of hydrogen-bond acceptors (Lipinski definition) is 7. The van der Waals surface area contributed by atoms with E-state index in [1.54, 1.807) is 42.5 Å². The summed E-state index contributed by atoms with van der Waals surface area (Å²) in [6.07, 6.45) is 2.58. The van der Waals surface area contributed by atoms with E-state index in [1.807, 2.05) is 12.1 Å². The third-order valence-electron chi connectivity index (χ3n) is 6.56. The Bertz CT molecular complexity index is 1550. The molecular formula is C29H30ClF2N3O6S. The van der Waals surface area contributed by atoms with E-state index in [-0.39, 0.29) is 30.6 Å². The van der Waals surface area contributed by atoms with Gasteiger partial charge in [-0.15, -0.1) is 0 Å². The van der Waals surface area contributed by atoms with Gasteiger partial charge in [0.15, 0.2) is 11.6 Å². The van der Waals surface area contributed by atoms with E-state index in [4.69, 9.17) is 21.1 Å². The maximum atomic E-state index is 15.1. The summed E-state index contributed by atoms with van der Waals surface area (Å²) in [7, 11) is -4.76. The molecule has 0 unspecified atom stereocenters. The fraction of sp³-hybridized carbons (Fsp3) is 0.345. The third-order valence-corrected chi connectivity index (χ3v) is 8.16. The highest BCUT2D eigenvalue weighted by atomic mass is 35.5. The highest BCUT2D eigenvalue weighted by molar-refractivity contribution is 7.90. The van der Waals surface area contributed by atoms with Crippen molar-refractivity contribution in [1.82, 2.24) is 14.6 Å². The lowest BCUT2D eigenvalue weighted by Gasteiger charge is -2.39. The maximum absolute atomic E-state index is 15.1. The average molecular weight is 622 g/mol. The number of sulfonamides is 1. The zero-order chi connectivity index (χ0) is 30.7. The number of ether oxygens (including phenoxy) is 2. The molecule has 1 aliphatic rings. The van der Waals surface area contributed by atoms with E-state index in [2.05, 4.69) is 4.98 Å². The number of piperidine rings is 1. The molecule has 9 nitrogen and oxygen atoms in total. The minimum Gasteiger partial charge on any atom is -0.490 e. The first-order valence-corrected chi connectivity index (χ1v) is 14.9. The van der Waals surface area contributed by atoms with Crippen molar-refractivity contribution in [2.24, 2.45) is 5.92 Å². The molecular weight excluding hydrogens is 592 g/mol. The van der Waals surface area contributed by atoms with Crippen LogP contribution in [0.15, 0.2) is 65.8 Å². The maximum Gasteiger partial charge on any atom is 0.410 e. The van der Waals surface area contributed by atoms with Gasteiger partial charge in [0.1, 0.15) is 16.3 Å². The van der Waals surface area contributed by atoms with Crippen LogP contribution in [0.4, 0.5) is 13.6 Å². The largest absolute Gasteiger partial charge is 0.490 e. The first kappa shape index (κ1) is 31.2. The topological polar surface area (TPSA) is 115 Å². The van der Waals surface area contributed by atoms with E-state index < -0.39 is 49.9 Å². The highest BCUT2D eigenvalue weighted by Gasteiger charge is 2.35. The molecule has 0 aliphatic carbocycles. The highest BCUT2D eigenvalue weighted by Crippen LogP contribution is 2.35. The lowest BCUT2D eigenvalue weighted by molar-refractivity contribution is 0.0110. The Labute approximate surface area is 247 Å². The Balaban J connectivity index is 1.53. The Kier molecular flexibility index (Phi) is 9.37. The summed E-state index contributed by atoms with van der Waals surface area (Å²) in [5.41, 5.74) is 0.162. The van der Waals surface area contributed by atoms with Gasteiger partial charge in [-0.05, 0) is 62.9 Å². The molecule has 42 heavy (non-hydrogen) atoms. The second kappa shape index (κ2) is 12.6. The number of hydrogen-bond donors (Lipinski definition) is 1. The predicted molar refractivity (Wildman–Crippen MR) is 151 cm³/mol. The van der Waals surface area contributed by atoms with Crippen molar-refractivity contribution in [3.8, 4) is 5.75 Å². The van der Waals surface area contributed by atoms with Crippen LogP contribution < -0.4 is 9.46 Å². The van der Waals surface area contributed by atoms with Gasteiger partial charge in [-0.2, -0.15) is 0 Å². The van der Waals surface area contributed by atoms with E-state index in [0.717, 1.165) is 11.8 Å². The van der Waals surface area contributed by atoms with Crippen molar-refractivity contribution in [3.05, 3.63) is 88.7 Å². The van der Waals surface area contributed by atoms with Gasteiger partial charge in [0.25, 0.3) is 15.9 Å². The lowest BCUT2D eigenvalue weighted by atomic mass is 9.81. The van der Waals surface area contributed by atoms with Crippen molar-refractivity contribution in [3.63, 3.8) is 0 Å². The molecule has 1 aliphatic heterocycles. The minimum absolute atomic E-state index is 0.0787. The zero-order valence-corrected chi connectivity index (χ0v) is 24.7. The van der Waals surface area contributed by atoms with Crippen LogP contribution in [0.1, 0.15) is 49.0 Å². The molecule has 2 amide bonds. The summed E-state index contributed by atoms with van der Waals surface area (Å²) in [4.78, 5) is 29.3. The summed E-state index contributed by atoms with van der Waals surface area (Å²) in [6, 6.07) is 11.0. The number of carbonyl (C=O) groups is 2. The number of amides is 2. The molecule has 1 N–H and O–H groups in total. The smallest absolute Gasteiger partial charge is 0.410 e. The fourth-order valence-corrected chi connectivity index (χ4v) is 5.77. The quantitative estimate of drug-likeness (QED) is 0.368. The SMILES string of the molecule is CC(C)(C)OC(=O)N1CC[C@@H](c2ccc(Cl)cc2)[C@H](COc2cc(F)c(S(=O)(=O)NC(=O)c3cccnc3)cc2F)C1. The Hall–Kier alpha value is -3.77. The van der Waals surface area contributed by atoms with Crippen LogP contribution in [0.3, 0.4) is 0 Å². The molecule has 0 spiro atoms. The molecule has 13 heteroatoms. The predicted octanol–water partition coefficient (Wildman–Crippen LogP) is 5.55. The summed E-state index contributed by atoms with van der Waals surface area (Å²) in [5, 5.41) is 0.557. The Morgan fingerprint density at radius 2 is 1.83 bits per heavy atom. The fourth-order valence-electron chi connectivity index (χ4n) is 4.60. The van der Waals surface area contributed by atoms with Gasteiger partial charge < -0.3 is 14.4 Å². The van der Waals surface area contributed by atoms with Crippen LogP contribution >= 0.6 is 11.6 Å². The number of carbonyl (C=O) groups excluding carboxylic acids is 2. The van der Waals surface area contributed by atoms with Gasteiger partial charge in [-0.25, -0.2) is 26.7 Å². The monoisotopic (exact) mass is 621 g/mol. The van der Waals surface area contributed by atoms with Crippen LogP contribution in [0, 0.1) is 17.6 Å². The van der Waals surface area contributed by atoms with E-state index in [1.165, 1.54) is 18.3 Å². The summed E-state index contributed by atoms with van der Waals surface area (Å²) < 4.78 is 68.3. The first-order chi connectivity index (χ1) is 19.7. The summed E-state index contributed by atoms with van der Waals surface area (Å²) >= 11 is 6.05. The van der Waals surface area contributed by atoms with E-state index in [9.17, 15) is 22.4 Å². The second-order valence-corrected chi connectivity index (χ2v) is 12.9. The van der Waals surface area contributed by atoms with Gasteiger partial charge in [-0.3, -0.25) is 9.78 Å². The first-order valence-electron chi connectivity index (χ1n) is 13.1. The van der Waals surface area contributed by atoms with Crippen LogP contribution in [-0.2, 0) is 14.8 Å². The van der Waals surface area contributed by atoms with Gasteiger partial charge in [-0.1, -0.05) is 23.7 Å². The molecule has 0 radical (unpaired) electrons. The summed E-state index contributed by atoms with van der Waals surface area (Å²) in [5.74, 6) is -4.48. The normalized spacial score (nSPS) is 17.4. The molecule has 1 fully saturated rings. The lowest BCUT2D eigenvalue weighted by Crippen LogP contribution is -2.46. The molecule has 1 saturated heterocycles. The number of aromatic nitrogens is 1. The summed E-state index contributed by atoms with van der Waals surface area (Å²) in [6.45, 7) is 5.80. The van der Waals surface area contributed by atoms with Crippen molar-refractivity contribution in [1.29, 1.82) is 0 Å².